The van der Waals surface area contributed by atoms with Gasteiger partial charge >= 0.3 is 0 Å². The Labute approximate surface area is 78.7 Å². The van der Waals surface area contributed by atoms with Crippen molar-refractivity contribution in [3.8, 4) is 0 Å². The summed E-state index contributed by atoms with van der Waals surface area (Å²) in [7, 11) is 4.11. The Hall–Kier alpha value is -0.800. The van der Waals surface area contributed by atoms with Crippen LogP contribution in [0.4, 0.5) is 0 Å². The number of fused-ring (bicyclic) bond motifs is 1. The van der Waals surface area contributed by atoms with E-state index in [2.05, 4.69) is 30.4 Å². The molecule has 3 heteroatoms. The highest BCUT2D eigenvalue weighted by Gasteiger charge is 2.14. The van der Waals surface area contributed by atoms with Gasteiger partial charge in [0.15, 0.2) is 0 Å². The molecule has 0 spiro atoms. The summed E-state index contributed by atoms with van der Waals surface area (Å²) in [4.78, 5) is 2.12. The maximum atomic E-state index is 5.74. The van der Waals surface area contributed by atoms with E-state index in [9.17, 15) is 0 Å². The van der Waals surface area contributed by atoms with Crippen LogP contribution in [0.2, 0.25) is 0 Å². The second kappa shape index (κ2) is 3.52. The Bertz CT molecular complexity index is 268. The predicted molar refractivity (Wildman–Crippen MR) is 51.5 cm³/mol. The molecule has 2 rings (SSSR count). The Morgan fingerprint density at radius 3 is 3.08 bits per heavy atom. The fourth-order valence-corrected chi connectivity index (χ4v) is 1.70. The van der Waals surface area contributed by atoms with Crippen molar-refractivity contribution in [2.75, 3.05) is 20.6 Å². The molecule has 3 nitrogen and oxygen atoms in total. The summed E-state index contributed by atoms with van der Waals surface area (Å²) in [5, 5.41) is 3.33. The molecule has 1 aromatic heterocycles. The third kappa shape index (κ3) is 1.92. The lowest BCUT2D eigenvalue weighted by Gasteiger charge is -2.09. The summed E-state index contributed by atoms with van der Waals surface area (Å²) in [5.74, 6) is 2.26. The third-order valence-electron chi connectivity index (χ3n) is 2.26. The number of nitrogens with one attached hydrogen (secondary N) is 1. The first-order valence-corrected chi connectivity index (χ1v) is 4.71. The molecular formula is C10H16N2O. The van der Waals surface area contributed by atoms with Crippen LogP contribution in [0.1, 0.15) is 17.1 Å². The van der Waals surface area contributed by atoms with Crippen molar-refractivity contribution >= 4 is 0 Å². The van der Waals surface area contributed by atoms with Gasteiger partial charge in [-0.3, -0.25) is 0 Å². The van der Waals surface area contributed by atoms with Gasteiger partial charge in [-0.05, 0) is 20.2 Å². The van der Waals surface area contributed by atoms with E-state index in [4.69, 9.17) is 4.42 Å². The first-order valence-electron chi connectivity index (χ1n) is 4.71. The van der Waals surface area contributed by atoms with Crippen LogP contribution in [0, 0.1) is 0 Å². The average Bonchev–Trinajstić information content (AvgIpc) is 2.44. The zero-order valence-electron chi connectivity index (χ0n) is 8.26. The number of rotatable bonds is 2. The second-order valence-corrected chi connectivity index (χ2v) is 3.83. The molecule has 1 aliphatic heterocycles. The van der Waals surface area contributed by atoms with Crippen LogP contribution >= 0.6 is 0 Å². The highest BCUT2D eigenvalue weighted by atomic mass is 16.3. The van der Waals surface area contributed by atoms with Gasteiger partial charge in [0.05, 0.1) is 6.54 Å². The van der Waals surface area contributed by atoms with Gasteiger partial charge in [-0.25, -0.2) is 0 Å². The maximum Gasteiger partial charge on any atom is 0.118 e. The molecule has 1 N–H and O–H groups in total. The monoisotopic (exact) mass is 180 g/mol. The van der Waals surface area contributed by atoms with Crippen molar-refractivity contribution in [1.82, 2.24) is 10.2 Å². The average molecular weight is 180 g/mol. The SMILES string of the molecule is CN(C)Cc1cc2c(o1)CCNC2. The molecule has 0 atom stereocenters. The summed E-state index contributed by atoms with van der Waals surface area (Å²) < 4.78 is 5.74. The van der Waals surface area contributed by atoms with Crippen LogP contribution in [0.5, 0.6) is 0 Å². The van der Waals surface area contributed by atoms with Gasteiger partial charge in [-0.15, -0.1) is 0 Å². The minimum Gasteiger partial charge on any atom is -0.464 e. The smallest absolute Gasteiger partial charge is 0.118 e. The number of nitrogens with zero attached hydrogens (tertiary/aromatic N) is 1. The van der Waals surface area contributed by atoms with Crippen LogP contribution in [-0.2, 0) is 19.5 Å². The lowest BCUT2D eigenvalue weighted by molar-refractivity contribution is 0.339. The second-order valence-electron chi connectivity index (χ2n) is 3.83. The molecule has 13 heavy (non-hydrogen) atoms. The van der Waals surface area contributed by atoms with E-state index in [1.807, 2.05) is 0 Å². The van der Waals surface area contributed by atoms with E-state index in [1.54, 1.807) is 0 Å². The maximum absolute atomic E-state index is 5.74. The van der Waals surface area contributed by atoms with E-state index in [1.165, 1.54) is 11.3 Å². The Morgan fingerprint density at radius 1 is 1.54 bits per heavy atom. The largest absolute Gasteiger partial charge is 0.464 e. The van der Waals surface area contributed by atoms with Crippen molar-refractivity contribution in [3.63, 3.8) is 0 Å². The van der Waals surface area contributed by atoms with Crippen molar-refractivity contribution in [2.24, 2.45) is 0 Å². The molecule has 0 saturated heterocycles. The molecule has 0 fully saturated rings. The third-order valence-corrected chi connectivity index (χ3v) is 2.26. The molecule has 72 valence electrons. The first-order chi connectivity index (χ1) is 6.25. The Kier molecular flexibility index (Phi) is 2.38. The van der Waals surface area contributed by atoms with Crippen LogP contribution in [0.25, 0.3) is 0 Å². The fraction of sp³-hybridized carbons (Fsp3) is 0.600. The molecule has 0 amide bonds. The summed E-state index contributed by atoms with van der Waals surface area (Å²) >= 11 is 0. The highest BCUT2D eigenvalue weighted by molar-refractivity contribution is 5.23. The molecule has 0 unspecified atom stereocenters. The van der Waals surface area contributed by atoms with E-state index in [0.29, 0.717) is 0 Å². The van der Waals surface area contributed by atoms with E-state index >= 15 is 0 Å². The normalized spacial score (nSPS) is 16.2. The zero-order valence-corrected chi connectivity index (χ0v) is 8.26. The van der Waals surface area contributed by atoms with Gasteiger partial charge in [0.1, 0.15) is 11.5 Å². The fourth-order valence-electron chi connectivity index (χ4n) is 1.70. The van der Waals surface area contributed by atoms with Crippen LogP contribution in [0.15, 0.2) is 10.5 Å². The van der Waals surface area contributed by atoms with Crippen molar-refractivity contribution in [1.29, 1.82) is 0 Å². The van der Waals surface area contributed by atoms with Crippen molar-refractivity contribution < 1.29 is 4.42 Å². The standard InChI is InChI=1S/C10H16N2O/c1-12(2)7-9-5-8-6-11-4-3-10(8)13-9/h5,11H,3-4,6-7H2,1-2H3. The van der Waals surface area contributed by atoms with Crippen molar-refractivity contribution in [3.05, 3.63) is 23.2 Å². The zero-order chi connectivity index (χ0) is 9.26. The van der Waals surface area contributed by atoms with Gasteiger partial charge in [0.2, 0.25) is 0 Å². The van der Waals surface area contributed by atoms with Crippen LogP contribution in [0.3, 0.4) is 0 Å². The van der Waals surface area contributed by atoms with Gasteiger partial charge in [0.25, 0.3) is 0 Å². The molecule has 2 heterocycles. The molecule has 1 aromatic rings. The van der Waals surface area contributed by atoms with E-state index < -0.39 is 0 Å². The lowest BCUT2D eigenvalue weighted by atomic mass is 10.1. The Morgan fingerprint density at radius 2 is 2.38 bits per heavy atom. The lowest BCUT2D eigenvalue weighted by Crippen LogP contribution is -2.22. The molecule has 0 saturated carbocycles. The summed E-state index contributed by atoms with van der Waals surface area (Å²) in [6, 6.07) is 2.17. The van der Waals surface area contributed by atoms with Gasteiger partial charge in [-0.2, -0.15) is 0 Å². The predicted octanol–water partition coefficient (Wildman–Crippen LogP) is 0.987. The molecule has 1 aliphatic rings. The van der Waals surface area contributed by atoms with Crippen LogP contribution in [-0.4, -0.2) is 25.5 Å². The number of hydrogen-bond donors (Lipinski definition) is 1. The molecule has 0 radical (unpaired) electrons. The minimum atomic E-state index is 0.896. The van der Waals surface area contributed by atoms with Gasteiger partial charge in [0, 0.05) is 25.1 Å². The molecule has 0 bridgehead atoms. The van der Waals surface area contributed by atoms with Gasteiger partial charge in [-0.1, -0.05) is 0 Å². The summed E-state index contributed by atoms with van der Waals surface area (Å²) in [5.41, 5.74) is 1.34. The molecular weight excluding hydrogens is 164 g/mol. The summed E-state index contributed by atoms with van der Waals surface area (Å²) in [6.45, 7) is 2.90. The topological polar surface area (TPSA) is 28.4 Å². The summed E-state index contributed by atoms with van der Waals surface area (Å²) in [6.07, 6.45) is 1.03. The highest BCUT2D eigenvalue weighted by Crippen LogP contribution is 2.19. The van der Waals surface area contributed by atoms with Crippen molar-refractivity contribution in [2.45, 2.75) is 19.5 Å². The first kappa shape index (κ1) is 8.78. The quantitative estimate of drug-likeness (QED) is 0.735. The van der Waals surface area contributed by atoms with E-state index in [0.717, 1.165) is 31.8 Å². The van der Waals surface area contributed by atoms with Crippen LogP contribution < -0.4 is 5.32 Å². The number of hydrogen-bond acceptors (Lipinski definition) is 3. The Balaban J connectivity index is 2.15. The number of furan rings is 1. The minimum absolute atomic E-state index is 0.896. The van der Waals surface area contributed by atoms with E-state index in [-0.39, 0.29) is 0 Å². The molecule has 0 aliphatic carbocycles. The van der Waals surface area contributed by atoms with Gasteiger partial charge < -0.3 is 14.6 Å². The molecule has 0 aromatic carbocycles.